The first kappa shape index (κ1) is 7.43. The lowest BCUT2D eigenvalue weighted by Crippen LogP contribution is -2.31. The van der Waals surface area contributed by atoms with Crippen molar-refractivity contribution in [2.24, 2.45) is 0 Å². The third-order valence-corrected chi connectivity index (χ3v) is 3.85. The van der Waals surface area contributed by atoms with Gasteiger partial charge in [0.2, 0.25) is 0 Å². The van der Waals surface area contributed by atoms with Crippen LogP contribution in [0.2, 0.25) is 0 Å². The van der Waals surface area contributed by atoms with Gasteiger partial charge in [0.1, 0.15) is 5.75 Å². The molecule has 1 fully saturated rings. The van der Waals surface area contributed by atoms with Crippen molar-refractivity contribution < 1.29 is 5.11 Å². The molecule has 1 heteroatoms. The minimum Gasteiger partial charge on any atom is -0.508 e. The van der Waals surface area contributed by atoms with E-state index in [4.69, 9.17) is 0 Å². The minimum absolute atomic E-state index is 0.437. The molecule has 1 aromatic carbocycles. The molecular weight excluding hydrogens is 160 g/mol. The first-order valence-corrected chi connectivity index (χ1v) is 5.13. The Morgan fingerprint density at radius 3 is 2.69 bits per heavy atom. The third kappa shape index (κ3) is 0.874. The standard InChI is InChI=1S/C12H14O/c13-10-3-2-9-4-7-12(5-1-6-12)11(9)8-10/h2-3,8,13H,1,4-7H2. The third-order valence-electron chi connectivity index (χ3n) is 3.85. The van der Waals surface area contributed by atoms with Gasteiger partial charge in [0.25, 0.3) is 0 Å². The fourth-order valence-corrected chi connectivity index (χ4v) is 2.91. The summed E-state index contributed by atoms with van der Waals surface area (Å²) >= 11 is 0. The molecule has 2 aliphatic rings. The molecule has 0 aromatic heterocycles. The van der Waals surface area contributed by atoms with Crippen LogP contribution in [0, 0.1) is 0 Å². The Morgan fingerprint density at radius 1 is 1.15 bits per heavy atom. The smallest absolute Gasteiger partial charge is 0.115 e. The Labute approximate surface area is 78.4 Å². The Kier molecular flexibility index (Phi) is 1.30. The maximum Gasteiger partial charge on any atom is 0.115 e. The number of phenols is 1. The lowest BCUT2D eigenvalue weighted by atomic mass is 9.65. The van der Waals surface area contributed by atoms with E-state index in [9.17, 15) is 5.11 Å². The SMILES string of the molecule is Oc1ccc2c(c1)C1(CCC1)CC2. The highest BCUT2D eigenvalue weighted by Gasteiger charge is 2.43. The van der Waals surface area contributed by atoms with E-state index >= 15 is 0 Å². The van der Waals surface area contributed by atoms with Crippen LogP contribution in [-0.4, -0.2) is 5.11 Å². The predicted molar refractivity (Wildman–Crippen MR) is 52.0 cm³/mol. The van der Waals surface area contributed by atoms with Crippen molar-refractivity contribution in [1.82, 2.24) is 0 Å². The number of hydrogen-bond acceptors (Lipinski definition) is 1. The van der Waals surface area contributed by atoms with Crippen LogP contribution in [0.15, 0.2) is 18.2 Å². The first-order chi connectivity index (χ1) is 6.30. The highest BCUT2D eigenvalue weighted by atomic mass is 16.3. The van der Waals surface area contributed by atoms with Gasteiger partial charge >= 0.3 is 0 Å². The van der Waals surface area contributed by atoms with E-state index < -0.39 is 0 Å². The van der Waals surface area contributed by atoms with Gasteiger partial charge in [-0.3, -0.25) is 0 Å². The molecule has 0 radical (unpaired) electrons. The highest BCUT2D eigenvalue weighted by Crippen LogP contribution is 2.52. The molecule has 2 aliphatic carbocycles. The molecule has 0 saturated heterocycles. The number of aryl methyl sites for hydroxylation is 1. The molecule has 1 nitrogen and oxygen atoms in total. The van der Waals surface area contributed by atoms with Crippen LogP contribution in [0.3, 0.4) is 0 Å². The summed E-state index contributed by atoms with van der Waals surface area (Å²) in [6.45, 7) is 0. The minimum atomic E-state index is 0.437. The molecule has 3 rings (SSSR count). The Bertz CT molecular complexity index is 350. The fraction of sp³-hybridized carbons (Fsp3) is 0.500. The van der Waals surface area contributed by atoms with E-state index in [1.54, 1.807) is 0 Å². The van der Waals surface area contributed by atoms with Crippen molar-refractivity contribution in [3.63, 3.8) is 0 Å². The monoisotopic (exact) mass is 174 g/mol. The van der Waals surface area contributed by atoms with Crippen molar-refractivity contribution in [2.45, 2.75) is 37.5 Å². The molecule has 1 aromatic rings. The van der Waals surface area contributed by atoms with Gasteiger partial charge in [0.05, 0.1) is 0 Å². The first-order valence-electron chi connectivity index (χ1n) is 5.13. The second-order valence-corrected chi connectivity index (χ2v) is 4.48. The van der Waals surface area contributed by atoms with Gasteiger partial charge in [0.15, 0.2) is 0 Å². The Hall–Kier alpha value is -0.980. The van der Waals surface area contributed by atoms with E-state index in [1.165, 1.54) is 43.2 Å². The number of aromatic hydroxyl groups is 1. The molecule has 68 valence electrons. The second kappa shape index (κ2) is 2.28. The van der Waals surface area contributed by atoms with Crippen molar-refractivity contribution >= 4 is 0 Å². The van der Waals surface area contributed by atoms with Crippen LogP contribution in [0.1, 0.15) is 36.8 Å². The molecule has 0 unspecified atom stereocenters. The summed E-state index contributed by atoms with van der Waals surface area (Å²) in [6, 6.07) is 5.90. The van der Waals surface area contributed by atoms with Crippen molar-refractivity contribution in [2.75, 3.05) is 0 Å². The molecule has 1 saturated carbocycles. The van der Waals surface area contributed by atoms with E-state index in [1.807, 2.05) is 12.1 Å². The van der Waals surface area contributed by atoms with Crippen LogP contribution >= 0.6 is 0 Å². The van der Waals surface area contributed by atoms with Crippen LogP contribution in [0.4, 0.5) is 0 Å². The van der Waals surface area contributed by atoms with Gasteiger partial charge in [-0.1, -0.05) is 12.5 Å². The Balaban J connectivity index is 2.14. The summed E-state index contributed by atoms with van der Waals surface area (Å²) in [6.07, 6.45) is 6.57. The number of rotatable bonds is 0. The zero-order chi connectivity index (χ0) is 8.89. The topological polar surface area (TPSA) is 20.2 Å². The molecule has 0 aliphatic heterocycles. The summed E-state index contributed by atoms with van der Waals surface area (Å²) in [4.78, 5) is 0. The van der Waals surface area contributed by atoms with E-state index in [0.29, 0.717) is 11.2 Å². The average molecular weight is 174 g/mol. The molecule has 0 heterocycles. The van der Waals surface area contributed by atoms with Crippen molar-refractivity contribution in [1.29, 1.82) is 0 Å². The molecule has 13 heavy (non-hydrogen) atoms. The molecule has 0 bridgehead atoms. The predicted octanol–water partition coefficient (Wildman–Crippen LogP) is 2.76. The fourth-order valence-electron chi connectivity index (χ4n) is 2.91. The van der Waals surface area contributed by atoms with Gasteiger partial charge < -0.3 is 5.11 Å². The number of hydrogen-bond donors (Lipinski definition) is 1. The van der Waals surface area contributed by atoms with E-state index in [0.717, 1.165) is 0 Å². The average Bonchev–Trinajstić information content (AvgIpc) is 2.41. The van der Waals surface area contributed by atoms with Crippen LogP contribution < -0.4 is 0 Å². The zero-order valence-electron chi connectivity index (χ0n) is 7.71. The quantitative estimate of drug-likeness (QED) is 0.641. The van der Waals surface area contributed by atoms with Crippen molar-refractivity contribution in [3.8, 4) is 5.75 Å². The summed E-state index contributed by atoms with van der Waals surface area (Å²) in [5.41, 5.74) is 3.39. The van der Waals surface area contributed by atoms with Gasteiger partial charge in [-0.15, -0.1) is 0 Å². The second-order valence-electron chi connectivity index (χ2n) is 4.48. The largest absolute Gasteiger partial charge is 0.508 e. The number of phenolic OH excluding ortho intramolecular Hbond substituents is 1. The number of benzene rings is 1. The maximum absolute atomic E-state index is 9.45. The van der Waals surface area contributed by atoms with Crippen molar-refractivity contribution in [3.05, 3.63) is 29.3 Å². The van der Waals surface area contributed by atoms with Gasteiger partial charge in [0, 0.05) is 0 Å². The van der Waals surface area contributed by atoms with E-state index in [2.05, 4.69) is 6.07 Å². The summed E-state index contributed by atoms with van der Waals surface area (Å²) in [5.74, 6) is 0.437. The van der Waals surface area contributed by atoms with Crippen LogP contribution in [0.5, 0.6) is 5.75 Å². The summed E-state index contributed by atoms with van der Waals surface area (Å²) in [5, 5.41) is 9.45. The lowest BCUT2D eigenvalue weighted by Gasteiger charge is -2.39. The molecule has 0 atom stereocenters. The number of fused-ring (bicyclic) bond motifs is 2. The van der Waals surface area contributed by atoms with Crippen LogP contribution in [0.25, 0.3) is 0 Å². The molecule has 1 spiro atoms. The van der Waals surface area contributed by atoms with E-state index in [-0.39, 0.29) is 0 Å². The zero-order valence-corrected chi connectivity index (χ0v) is 7.71. The lowest BCUT2D eigenvalue weighted by molar-refractivity contribution is 0.243. The van der Waals surface area contributed by atoms with Gasteiger partial charge in [-0.2, -0.15) is 0 Å². The summed E-state index contributed by atoms with van der Waals surface area (Å²) in [7, 11) is 0. The molecular formula is C12H14O. The molecule has 0 amide bonds. The Morgan fingerprint density at radius 2 is 2.00 bits per heavy atom. The molecule has 1 N–H and O–H groups in total. The highest BCUT2D eigenvalue weighted by molar-refractivity contribution is 5.45. The van der Waals surface area contributed by atoms with Crippen LogP contribution in [-0.2, 0) is 11.8 Å². The van der Waals surface area contributed by atoms with Gasteiger partial charge in [-0.25, -0.2) is 0 Å². The maximum atomic E-state index is 9.45. The summed E-state index contributed by atoms with van der Waals surface area (Å²) < 4.78 is 0. The normalized spacial score (nSPS) is 22.8. The van der Waals surface area contributed by atoms with Gasteiger partial charge in [-0.05, 0) is 54.4 Å².